The molecule has 0 aromatic heterocycles. The standard InChI is InChI=1S/C17H28P/c1-5-6-7-8-9-10-11-18-17-15(3)12-14(2)13-16(17)4/h12-13H,5-11H2,1-4H3. The van der Waals surface area contributed by atoms with Crippen LogP contribution in [0.5, 0.6) is 0 Å². The normalized spacial score (nSPS) is 11.6. The van der Waals surface area contributed by atoms with Crippen molar-refractivity contribution < 1.29 is 0 Å². The molecule has 101 valence electrons. The summed E-state index contributed by atoms with van der Waals surface area (Å²) in [5.41, 5.74) is 4.34. The van der Waals surface area contributed by atoms with Crippen LogP contribution in [0.2, 0.25) is 0 Å². The van der Waals surface area contributed by atoms with E-state index in [9.17, 15) is 0 Å². The number of aryl methyl sites for hydroxylation is 3. The van der Waals surface area contributed by atoms with Crippen LogP contribution in [-0.4, -0.2) is 6.16 Å². The minimum Gasteiger partial charge on any atom is -0.0654 e. The average molecular weight is 263 g/mol. The largest absolute Gasteiger partial charge is 0.0654 e. The molecule has 1 aromatic carbocycles. The molecule has 1 aromatic rings. The van der Waals surface area contributed by atoms with Gasteiger partial charge in [0.2, 0.25) is 0 Å². The van der Waals surface area contributed by atoms with E-state index in [1.807, 2.05) is 0 Å². The molecule has 0 amide bonds. The van der Waals surface area contributed by atoms with E-state index in [-0.39, 0.29) is 0 Å². The highest BCUT2D eigenvalue weighted by molar-refractivity contribution is 7.47. The fourth-order valence-electron chi connectivity index (χ4n) is 2.50. The van der Waals surface area contributed by atoms with E-state index in [2.05, 4.69) is 39.8 Å². The maximum absolute atomic E-state index is 2.32. The lowest BCUT2D eigenvalue weighted by atomic mass is 10.1. The fourth-order valence-corrected chi connectivity index (χ4v) is 3.74. The first kappa shape index (κ1) is 15.7. The fraction of sp³-hybridized carbons (Fsp3) is 0.647. The third kappa shape index (κ3) is 5.53. The third-order valence-electron chi connectivity index (χ3n) is 3.42. The maximum Gasteiger partial charge on any atom is -0.0135 e. The second kappa shape index (κ2) is 8.70. The number of unbranched alkanes of at least 4 members (excludes halogenated alkanes) is 5. The first-order chi connectivity index (χ1) is 8.65. The molecule has 0 fully saturated rings. The van der Waals surface area contributed by atoms with Crippen molar-refractivity contribution in [1.82, 2.24) is 0 Å². The predicted octanol–water partition coefficient (Wildman–Crippen LogP) is 5.54. The first-order valence-electron chi connectivity index (χ1n) is 7.40. The van der Waals surface area contributed by atoms with E-state index < -0.39 is 0 Å². The summed E-state index contributed by atoms with van der Waals surface area (Å²) in [5, 5.41) is 1.56. The summed E-state index contributed by atoms with van der Waals surface area (Å²) >= 11 is 0. The molecule has 0 spiro atoms. The molecule has 0 aliphatic carbocycles. The van der Waals surface area contributed by atoms with Crippen molar-refractivity contribution in [3.63, 3.8) is 0 Å². The molecule has 0 aliphatic heterocycles. The Hall–Kier alpha value is -0.350. The summed E-state index contributed by atoms with van der Waals surface area (Å²) in [6, 6.07) is 4.63. The molecule has 1 radical (unpaired) electrons. The van der Waals surface area contributed by atoms with Gasteiger partial charge < -0.3 is 0 Å². The van der Waals surface area contributed by atoms with E-state index in [1.165, 1.54) is 70.0 Å². The zero-order chi connectivity index (χ0) is 13.4. The van der Waals surface area contributed by atoms with Gasteiger partial charge in [0.1, 0.15) is 0 Å². The lowest BCUT2D eigenvalue weighted by molar-refractivity contribution is 0.626. The van der Waals surface area contributed by atoms with Gasteiger partial charge in [0.25, 0.3) is 0 Å². The maximum atomic E-state index is 2.32. The minimum atomic E-state index is 1.33. The van der Waals surface area contributed by atoms with Gasteiger partial charge >= 0.3 is 0 Å². The van der Waals surface area contributed by atoms with Gasteiger partial charge in [-0.25, -0.2) is 0 Å². The predicted molar refractivity (Wildman–Crippen MR) is 85.5 cm³/mol. The summed E-state index contributed by atoms with van der Waals surface area (Å²) in [7, 11) is 1.53. The quantitative estimate of drug-likeness (QED) is 0.426. The lowest BCUT2D eigenvalue weighted by Gasteiger charge is -2.10. The van der Waals surface area contributed by atoms with Gasteiger partial charge in [-0.2, -0.15) is 0 Å². The van der Waals surface area contributed by atoms with Crippen molar-refractivity contribution in [1.29, 1.82) is 0 Å². The highest BCUT2D eigenvalue weighted by Crippen LogP contribution is 2.20. The van der Waals surface area contributed by atoms with E-state index in [0.29, 0.717) is 0 Å². The van der Waals surface area contributed by atoms with Crippen molar-refractivity contribution in [3.05, 3.63) is 28.8 Å². The van der Waals surface area contributed by atoms with Crippen LogP contribution in [0, 0.1) is 20.8 Å². The SMILES string of the molecule is CCCCCCCC[P]c1c(C)cc(C)cc1C. The molecule has 0 saturated carbocycles. The number of benzene rings is 1. The Kier molecular flexibility index (Phi) is 7.59. The van der Waals surface area contributed by atoms with Gasteiger partial charge in [-0.1, -0.05) is 56.7 Å². The minimum absolute atomic E-state index is 1.33. The van der Waals surface area contributed by atoms with Crippen molar-refractivity contribution in [2.45, 2.75) is 66.2 Å². The third-order valence-corrected chi connectivity index (χ3v) is 4.98. The van der Waals surface area contributed by atoms with E-state index in [4.69, 9.17) is 0 Å². The topological polar surface area (TPSA) is 0 Å². The van der Waals surface area contributed by atoms with Crippen LogP contribution in [0.4, 0.5) is 0 Å². The molecular weight excluding hydrogens is 235 g/mol. The Morgan fingerprint density at radius 3 is 2.00 bits per heavy atom. The monoisotopic (exact) mass is 263 g/mol. The van der Waals surface area contributed by atoms with Crippen molar-refractivity contribution >= 4 is 13.9 Å². The molecule has 0 aliphatic rings. The van der Waals surface area contributed by atoms with Crippen molar-refractivity contribution in [2.75, 3.05) is 6.16 Å². The molecule has 0 heterocycles. The Labute approximate surface area is 115 Å². The number of hydrogen-bond acceptors (Lipinski definition) is 0. The highest BCUT2D eigenvalue weighted by atomic mass is 31.1. The van der Waals surface area contributed by atoms with Crippen LogP contribution in [0.1, 0.15) is 62.1 Å². The molecule has 0 unspecified atom stereocenters. The molecule has 0 bridgehead atoms. The van der Waals surface area contributed by atoms with Crippen LogP contribution in [-0.2, 0) is 0 Å². The summed E-state index contributed by atoms with van der Waals surface area (Å²) in [6.45, 7) is 8.98. The molecule has 0 atom stereocenters. The average Bonchev–Trinajstić information content (AvgIpc) is 2.30. The summed E-state index contributed by atoms with van der Waals surface area (Å²) in [4.78, 5) is 0. The molecular formula is C17H28P. The Morgan fingerprint density at radius 1 is 0.833 bits per heavy atom. The van der Waals surface area contributed by atoms with Gasteiger partial charge in [0.05, 0.1) is 0 Å². The second-order valence-electron chi connectivity index (χ2n) is 5.40. The molecule has 0 N–H and O–H groups in total. The lowest BCUT2D eigenvalue weighted by Crippen LogP contribution is -2.06. The van der Waals surface area contributed by atoms with Crippen LogP contribution in [0.15, 0.2) is 12.1 Å². The van der Waals surface area contributed by atoms with Gasteiger partial charge in [-0.3, -0.25) is 0 Å². The van der Waals surface area contributed by atoms with Gasteiger partial charge in [-0.05, 0) is 58.4 Å². The molecule has 18 heavy (non-hydrogen) atoms. The Bertz CT molecular complexity index is 332. The van der Waals surface area contributed by atoms with Crippen molar-refractivity contribution in [2.24, 2.45) is 0 Å². The Balaban J connectivity index is 2.27. The smallest absolute Gasteiger partial charge is 0.0135 e. The summed E-state index contributed by atoms with van der Waals surface area (Å²) in [5.74, 6) is 0. The molecule has 1 rings (SSSR count). The van der Waals surface area contributed by atoms with Crippen LogP contribution >= 0.6 is 8.58 Å². The zero-order valence-electron chi connectivity index (χ0n) is 12.6. The van der Waals surface area contributed by atoms with Crippen LogP contribution in [0.3, 0.4) is 0 Å². The first-order valence-corrected chi connectivity index (χ1v) is 8.48. The van der Waals surface area contributed by atoms with E-state index in [0.717, 1.165) is 0 Å². The van der Waals surface area contributed by atoms with Crippen LogP contribution < -0.4 is 5.30 Å². The summed E-state index contributed by atoms with van der Waals surface area (Å²) in [6.07, 6.45) is 9.74. The Morgan fingerprint density at radius 2 is 1.39 bits per heavy atom. The van der Waals surface area contributed by atoms with Gasteiger partial charge in [-0.15, -0.1) is 0 Å². The highest BCUT2D eigenvalue weighted by Gasteiger charge is 2.04. The number of rotatable bonds is 8. The molecule has 1 heteroatoms. The van der Waals surface area contributed by atoms with Crippen molar-refractivity contribution in [3.8, 4) is 0 Å². The second-order valence-corrected chi connectivity index (χ2v) is 6.61. The van der Waals surface area contributed by atoms with E-state index >= 15 is 0 Å². The molecule has 0 saturated heterocycles. The zero-order valence-corrected chi connectivity index (χ0v) is 13.4. The molecule has 0 nitrogen and oxygen atoms in total. The van der Waals surface area contributed by atoms with Gasteiger partial charge in [0.15, 0.2) is 0 Å². The number of hydrogen-bond donors (Lipinski definition) is 0. The van der Waals surface area contributed by atoms with E-state index in [1.54, 1.807) is 5.30 Å². The van der Waals surface area contributed by atoms with Gasteiger partial charge in [0, 0.05) is 0 Å². The summed E-state index contributed by atoms with van der Waals surface area (Å²) < 4.78 is 0. The van der Waals surface area contributed by atoms with Crippen LogP contribution in [0.25, 0.3) is 0 Å².